The Morgan fingerprint density at radius 3 is 2.44 bits per heavy atom. The van der Waals surface area contributed by atoms with E-state index in [2.05, 4.69) is 51.1 Å². The van der Waals surface area contributed by atoms with Gasteiger partial charge in [0.25, 0.3) is 0 Å². The summed E-state index contributed by atoms with van der Waals surface area (Å²) in [5.41, 5.74) is 7.23. The van der Waals surface area contributed by atoms with Gasteiger partial charge in [0.1, 0.15) is 0 Å². The molecule has 4 atom stereocenters. The molecule has 2 aliphatic carbocycles. The van der Waals surface area contributed by atoms with Gasteiger partial charge in [0.05, 0.1) is 0 Å². The van der Waals surface area contributed by atoms with Crippen LogP contribution in [-0.4, -0.2) is 20.5 Å². The quantitative estimate of drug-likeness (QED) is 0.835. The molecule has 3 rings (SSSR count). The van der Waals surface area contributed by atoms with E-state index >= 15 is 0 Å². The van der Waals surface area contributed by atoms with E-state index in [-0.39, 0.29) is 5.54 Å². The van der Waals surface area contributed by atoms with Gasteiger partial charge in [-0.1, -0.05) is 0 Å². The van der Waals surface area contributed by atoms with Gasteiger partial charge in [-0.2, -0.15) is 0 Å². The molecule has 98 valence electrons. The fraction of sp³-hybridized carbons (Fsp3) is 0.625. The third kappa shape index (κ3) is 2.05. The van der Waals surface area contributed by atoms with Crippen molar-refractivity contribution in [2.75, 3.05) is 0 Å². The maximum atomic E-state index is 6.62. The van der Waals surface area contributed by atoms with E-state index < -0.39 is 0 Å². The molecular weight excluding hydrogens is 285 g/mol. The van der Waals surface area contributed by atoms with E-state index in [0.29, 0.717) is 25.2 Å². The van der Waals surface area contributed by atoms with Crippen molar-refractivity contribution in [3.8, 4) is 0 Å². The third-order valence-corrected chi connectivity index (χ3v) is 8.45. The van der Waals surface area contributed by atoms with Crippen LogP contribution in [0.1, 0.15) is 33.6 Å². The van der Waals surface area contributed by atoms with Crippen molar-refractivity contribution in [1.82, 2.24) is 0 Å². The Morgan fingerprint density at radius 1 is 1.11 bits per heavy atom. The molecule has 0 heterocycles. The molecule has 2 fully saturated rings. The fourth-order valence-electron chi connectivity index (χ4n) is 3.68. The van der Waals surface area contributed by atoms with Crippen molar-refractivity contribution in [3.63, 3.8) is 0 Å². The zero-order valence-corrected chi connectivity index (χ0v) is 13.2. The molecule has 1 nitrogen and oxygen atoms in total. The van der Waals surface area contributed by atoms with E-state index in [1.165, 1.54) is 17.3 Å². The van der Waals surface area contributed by atoms with Crippen LogP contribution in [0.2, 0.25) is 4.82 Å². The summed E-state index contributed by atoms with van der Waals surface area (Å²) >= 11 is 0.522. The standard InChI is InChI=1S/C16H23NSe/c1-15(2)12-9-14(16(3,17)10-13(12)15)18-11-7-5-4-6-8-11/h4-8,12-14H,9-10,17H2,1-3H3/t12-,13+,14-,16-/m1/s1. The summed E-state index contributed by atoms with van der Waals surface area (Å²) in [6.45, 7) is 7.14. The van der Waals surface area contributed by atoms with E-state index in [9.17, 15) is 0 Å². The summed E-state index contributed by atoms with van der Waals surface area (Å²) < 4.78 is 1.50. The van der Waals surface area contributed by atoms with Gasteiger partial charge in [-0.15, -0.1) is 0 Å². The van der Waals surface area contributed by atoms with Crippen LogP contribution >= 0.6 is 0 Å². The number of benzene rings is 1. The first-order chi connectivity index (χ1) is 8.41. The predicted octanol–water partition coefficient (Wildman–Crippen LogP) is 2.59. The second-order valence-electron chi connectivity index (χ2n) is 6.90. The number of hydrogen-bond acceptors (Lipinski definition) is 1. The zero-order chi connectivity index (χ0) is 13.0. The molecular formula is C16H23NSe. The second-order valence-corrected chi connectivity index (χ2v) is 9.58. The normalized spacial score (nSPS) is 41.2. The molecule has 0 unspecified atom stereocenters. The van der Waals surface area contributed by atoms with Gasteiger partial charge in [-0.3, -0.25) is 0 Å². The van der Waals surface area contributed by atoms with Crippen molar-refractivity contribution in [1.29, 1.82) is 0 Å². The molecule has 2 N–H and O–H groups in total. The van der Waals surface area contributed by atoms with Crippen LogP contribution in [0, 0.1) is 17.3 Å². The second kappa shape index (κ2) is 4.10. The average molecular weight is 308 g/mol. The summed E-state index contributed by atoms with van der Waals surface area (Å²) in [5, 5.41) is 0. The van der Waals surface area contributed by atoms with Gasteiger partial charge in [0.2, 0.25) is 0 Å². The van der Waals surface area contributed by atoms with Crippen molar-refractivity contribution in [3.05, 3.63) is 30.3 Å². The molecule has 2 saturated carbocycles. The van der Waals surface area contributed by atoms with Gasteiger partial charge in [0.15, 0.2) is 0 Å². The predicted molar refractivity (Wildman–Crippen MR) is 78.2 cm³/mol. The van der Waals surface area contributed by atoms with E-state index in [1.807, 2.05) is 0 Å². The van der Waals surface area contributed by atoms with E-state index in [0.717, 1.165) is 11.8 Å². The van der Waals surface area contributed by atoms with Crippen LogP contribution < -0.4 is 10.2 Å². The molecule has 0 amide bonds. The number of nitrogens with two attached hydrogens (primary N) is 1. The van der Waals surface area contributed by atoms with Gasteiger partial charge in [0, 0.05) is 0 Å². The molecule has 2 aliphatic rings. The van der Waals surface area contributed by atoms with Gasteiger partial charge >= 0.3 is 117 Å². The minimum atomic E-state index is 0.0464. The van der Waals surface area contributed by atoms with Crippen LogP contribution in [-0.2, 0) is 0 Å². The summed E-state index contributed by atoms with van der Waals surface area (Å²) in [6, 6.07) is 10.9. The molecule has 0 aromatic heterocycles. The Bertz CT molecular complexity index is 438. The van der Waals surface area contributed by atoms with Gasteiger partial charge in [-0.25, -0.2) is 0 Å². The van der Waals surface area contributed by atoms with Crippen molar-refractivity contribution in [2.45, 2.75) is 44.0 Å². The average Bonchev–Trinajstić information content (AvgIpc) is 2.81. The molecule has 0 bridgehead atoms. The van der Waals surface area contributed by atoms with Crippen LogP contribution in [0.4, 0.5) is 0 Å². The zero-order valence-electron chi connectivity index (χ0n) is 11.5. The van der Waals surface area contributed by atoms with Crippen molar-refractivity contribution < 1.29 is 0 Å². The van der Waals surface area contributed by atoms with Crippen molar-refractivity contribution >= 4 is 19.4 Å². The Labute approximate surface area is 117 Å². The third-order valence-electron chi connectivity index (χ3n) is 5.17. The number of fused-ring (bicyclic) bond motifs is 1. The van der Waals surface area contributed by atoms with Gasteiger partial charge in [-0.05, 0) is 0 Å². The van der Waals surface area contributed by atoms with Crippen LogP contribution in [0.5, 0.6) is 0 Å². The topological polar surface area (TPSA) is 26.0 Å². The molecule has 0 spiro atoms. The van der Waals surface area contributed by atoms with E-state index in [4.69, 9.17) is 5.73 Å². The summed E-state index contributed by atoms with van der Waals surface area (Å²) in [6.07, 6.45) is 2.57. The molecule has 1 aromatic carbocycles. The molecule has 2 heteroatoms. The summed E-state index contributed by atoms with van der Waals surface area (Å²) in [4.78, 5) is 0.704. The molecule has 1 aromatic rings. The minimum absolute atomic E-state index is 0.0464. The first-order valence-electron chi connectivity index (χ1n) is 6.92. The summed E-state index contributed by atoms with van der Waals surface area (Å²) in [7, 11) is 0. The first kappa shape index (κ1) is 12.7. The Kier molecular flexibility index (Phi) is 2.89. The fourth-order valence-corrected chi connectivity index (χ4v) is 6.43. The Morgan fingerprint density at radius 2 is 1.78 bits per heavy atom. The summed E-state index contributed by atoms with van der Waals surface area (Å²) in [5.74, 6) is 1.82. The van der Waals surface area contributed by atoms with Crippen molar-refractivity contribution in [2.24, 2.45) is 23.0 Å². The molecule has 0 aliphatic heterocycles. The number of hydrogen-bond donors (Lipinski definition) is 1. The molecule has 0 radical (unpaired) electrons. The van der Waals surface area contributed by atoms with Crippen LogP contribution in [0.3, 0.4) is 0 Å². The monoisotopic (exact) mass is 309 g/mol. The molecule has 0 saturated heterocycles. The Hall–Kier alpha value is -0.301. The maximum absolute atomic E-state index is 6.62. The number of rotatable bonds is 2. The SMILES string of the molecule is CC1(C)[C@@H]2C[C@@H]([Se]c3ccccc3)[C@](C)(N)C[C@@H]21. The van der Waals surface area contributed by atoms with Crippen LogP contribution in [0.15, 0.2) is 30.3 Å². The first-order valence-corrected chi connectivity index (χ1v) is 8.76. The molecule has 18 heavy (non-hydrogen) atoms. The van der Waals surface area contributed by atoms with Gasteiger partial charge < -0.3 is 0 Å². The van der Waals surface area contributed by atoms with E-state index in [1.54, 1.807) is 0 Å². The van der Waals surface area contributed by atoms with Crippen LogP contribution in [0.25, 0.3) is 0 Å². The Balaban J connectivity index is 1.76.